The van der Waals surface area contributed by atoms with Crippen LogP contribution in [0, 0.1) is 0 Å². The zero-order chi connectivity index (χ0) is 14.8. The Kier molecular flexibility index (Phi) is 5.89. The van der Waals surface area contributed by atoms with Gasteiger partial charge in [-0.05, 0) is 18.4 Å². The lowest BCUT2D eigenvalue weighted by Gasteiger charge is -2.23. The van der Waals surface area contributed by atoms with Crippen molar-refractivity contribution in [1.29, 1.82) is 0 Å². The van der Waals surface area contributed by atoms with Crippen LogP contribution in [-0.2, 0) is 10.3 Å². The van der Waals surface area contributed by atoms with E-state index in [1.165, 1.54) is 11.3 Å². The Labute approximate surface area is 135 Å². The molecule has 2 aromatic rings. The summed E-state index contributed by atoms with van der Waals surface area (Å²) in [6, 6.07) is 9.33. The maximum absolute atomic E-state index is 12.3. The van der Waals surface area contributed by atoms with Crippen molar-refractivity contribution >= 4 is 34.8 Å². The Hall–Kier alpha value is -1.43. The summed E-state index contributed by atoms with van der Waals surface area (Å²) in [5.74, 6) is 0.143. The molecule has 114 valence electrons. The van der Waals surface area contributed by atoms with Crippen molar-refractivity contribution < 1.29 is 4.79 Å². The van der Waals surface area contributed by atoms with E-state index < -0.39 is 5.54 Å². The minimum atomic E-state index is -1.08. The fourth-order valence-electron chi connectivity index (χ4n) is 1.75. The van der Waals surface area contributed by atoms with E-state index in [-0.39, 0.29) is 18.3 Å². The molecule has 1 aromatic carbocycles. The molecule has 1 heterocycles. The summed E-state index contributed by atoms with van der Waals surface area (Å²) in [6.45, 7) is 5.89. The number of benzene rings is 1. The number of nitrogens with zero attached hydrogens (tertiary/aromatic N) is 1. The van der Waals surface area contributed by atoms with Gasteiger partial charge in [-0.2, -0.15) is 0 Å². The third-order valence-electron chi connectivity index (χ3n) is 3.16. The molecule has 21 heavy (non-hydrogen) atoms. The average Bonchev–Trinajstić information content (AvgIpc) is 2.88. The first-order valence-corrected chi connectivity index (χ1v) is 7.34. The number of anilines is 1. The van der Waals surface area contributed by atoms with Gasteiger partial charge in [0, 0.05) is 11.1 Å². The van der Waals surface area contributed by atoms with E-state index in [1.54, 1.807) is 13.1 Å². The second-order valence-corrected chi connectivity index (χ2v) is 6.31. The predicted octanol–water partition coefficient (Wildman–Crippen LogP) is 3.50. The number of carbonyl (C=O) groups is 1. The second kappa shape index (κ2) is 7.02. The van der Waals surface area contributed by atoms with Gasteiger partial charge in [-0.3, -0.25) is 4.79 Å². The van der Waals surface area contributed by atoms with Crippen molar-refractivity contribution in [2.75, 3.05) is 5.32 Å². The normalized spacial score (nSPS) is 13.4. The van der Waals surface area contributed by atoms with Crippen molar-refractivity contribution in [3.05, 3.63) is 47.0 Å². The van der Waals surface area contributed by atoms with Crippen LogP contribution in [-0.4, -0.2) is 10.9 Å². The summed E-state index contributed by atoms with van der Waals surface area (Å²) in [6.07, 6.45) is 1.79. The largest absolute Gasteiger partial charge is 0.314 e. The van der Waals surface area contributed by atoms with E-state index in [0.717, 1.165) is 10.4 Å². The summed E-state index contributed by atoms with van der Waals surface area (Å²) in [4.78, 5) is 17.7. The Bertz CT molecular complexity index is 596. The molecule has 3 N–H and O–H groups in total. The summed E-state index contributed by atoms with van der Waals surface area (Å²) in [5, 5.41) is 3.39. The Morgan fingerprint density at radius 3 is 2.48 bits per heavy atom. The monoisotopic (exact) mass is 325 g/mol. The van der Waals surface area contributed by atoms with Gasteiger partial charge >= 0.3 is 0 Å². The molecular weight excluding hydrogens is 306 g/mol. The number of nitrogens with one attached hydrogen (secondary N) is 1. The van der Waals surface area contributed by atoms with E-state index in [1.807, 2.05) is 30.3 Å². The molecule has 0 aliphatic heterocycles. The van der Waals surface area contributed by atoms with E-state index in [4.69, 9.17) is 5.73 Å². The molecule has 0 saturated heterocycles. The highest BCUT2D eigenvalue weighted by Gasteiger charge is 2.31. The van der Waals surface area contributed by atoms with Gasteiger partial charge in [0.05, 0.1) is 0 Å². The Morgan fingerprint density at radius 2 is 1.95 bits per heavy atom. The molecule has 4 nitrogen and oxygen atoms in total. The fourth-order valence-corrected chi connectivity index (χ4v) is 2.57. The van der Waals surface area contributed by atoms with E-state index in [0.29, 0.717) is 11.0 Å². The lowest BCUT2D eigenvalue weighted by atomic mass is 9.92. The smallest absolute Gasteiger partial charge is 0.250 e. The average molecular weight is 326 g/mol. The van der Waals surface area contributed by atoms with Gasteiger partial charge in [0.1, 0.15) is 5.54 Å². The van der Waals surface area contributed by atoms with E-state index in [9.17, 15) is 4.79 Å². The Balaban J connectivity index is 0.00000220. The highest BCUT2D eigenvalue weighted by Crippen LogP contribution is 2.26. The van der Waals surface area contributed by atoms with Crippen LogP contribution in [0.2, 0.25) is 0 Å². The molecule has 1 amide bonds. The van der Waals surface area contributed by atoms with Gasteiger partial charge in [-0.15, -0.1) is 23.7 Å². The van der Waals surface area contributed by atoms with Crippen LogP contribution in [0.15, 0.2) is 36.5 Å². The molecule has 6 heteroatoms. The van der Waals surface area contributed by atoms with Crippen LogP contribution in [0.3, 0.4) is 0 Å². The summed E-state index contributed by atoms with van der Waals surface area (Å²) in [5.41, 5.74) is 5.86. The van der Waals surface area contributed by atoms with Gasteiger partial charge in [0.2, 0.25) is 0 Å². The highest BCUT2D eigenvalue weighted by molar-refractivity contribution is 7.15. The second-order valence-electron chi connectivity index (χ2n) is 5.24. The maximum atomic E-state index is 12.3. The van der Waals surface area contributed by atoms with Crippen LogP contribution >= 0.6 is 23.7 Å². The molecule has 0 fully saturated rings. The molecule has 2 rings (SSSR count). The first kappa shape index (κ1) is 17.6. The molecule has 0 spiro atoms. The molecule has 0 saturated carbocycles. The first-order chi connectivity index (χ1) is 9.41. The number of rotatable bonds is 4. The van der Waals surface area contributed by atoms with Crippen molar-refractivity contribution in [3.8, 4) is 0 Å². The Morgan fingerprint density at radius 1 is 1.33 bits per heavy atom. The lowest BCUT2D eigenvalue weighted by molar-refractivity contribution is -0.120. The maximum Gasteiger partial charge on any atom is 0.250 e. The molecular formula is C15H20ClN3OS. The molecule has 1 unspecified atom stereocenters. The molecule has 1 atom stereocenters. The summed E-state index contributed by atoms with van der Waals surface area (Å²) >= 11 is 1.48. The summed E-state index contributed by atoms with van der Waals surface area (Å²) < 4.78 is 0. The van der Waals surface area contributed by atoms with E-state index >= 15 is 0 Å². The van der Waals surface area contributed by atoms with Crippen LogP contribution in [0.25, 0.3) is 0 Å². The topological polar surface area (TPSA) is 68.0 Å². The zero-order valence-corrected chi connectivity index (χ0v) is 13.9. The minimum Gasteiger partial charge on any atom is -0.314 e. The van der Waals surface area contributed by atoms with Gasteiger partial charge in [0.25, 0.3) is 5.91 Å². The third-order valence-corrected chi connectivity index (χ3v) is 4.37. The first-order valence-electron chi connectivity index (χ1n) is 6.53. The number of thiazole rings is 1. The third kappa shape index (κ3) is 4.03. The van der Waals surface area contributed by atoms with Crippen molar-refractivity contribution in [1.82, 2.24) is 4.98 Å². The fraction of sp³-hybridized carbons (Fsp3) is 0.333. The van der Waals surface area contributed by atoms with Gasteiger partial charge < -0.3 is 11.1 Å². The van der Waals surface area contributed by atoms with Crippen molar-refractivity contribution in [2.45, 2.75) is 32.2 Å². The minimum absolute atomic E-state index is 0. The highest BCUT2D eigenvalue weighted by atomic mass is 35.5. The zero-order valence-electron chi connectivity index (χ0n) is 12.3. The van der Waals surface area contributed by atoms with Crippen LogP contribution in [0.4, 0.5) is 5.13 Å². The number of amides is 1. The molecule has 0 aliphatic carbocycles. The van der Waals surface area contributed by atoms with Gasteiger partial charge in [-0.25, -0.2) is 4.98 Å². The van der Waals surface area contributed by atoms with Crippen LogP contribution < -0.4 is 11.1 Å². The van der Waals surface area contributed by atoms with Crippen LogP contribution in [0.1, 0.15) is 37.1 Å². The predicted molar refractivity (Wildman–Crippen MR) is 90.1 cm³/mol. The number of aromatic nitrogens is 1. The SMILES string of the molecule is CC(C)c1cnc(NC(=O)C(C)(N)c2ccccc2)s1.Cl. The quantitative estimate of drug-likeness (QED) is 0.904. The van der Waals surface area contributed by atoms with Crippen LogP contribution in [0.5, 0.6) is 0 Å². The lowest BCUT2D eigenvalue weighted by Crippen LogP contribution is -2.45. The number of carbonyl (C=O) groups excluding carboxylic acids is 1. The molecule has 1 aromatic heterocycles. The number of halogens is 1. The molecule has 0 radical (unpaired) electrons. The number of hydrogen-bond donors (Lipinski definition) is 2. The standard InChI is InChI=1S/C15H19N3OS.ClH/c1-10(2)12-9-17-14(20-12)18-13(19)15(3,16)11-7-5-4-6-8-11;/h4-10H,16H2,1-3H3,(H,17,18,19);1H. The summed E-state index contributed by atoms with van der Waals surface area (Å²) in [7, 11) is 0. The van der Waals surface area contributed by atoms with Crippen molar-refractivity contribution in [2.24, 2.45) is 5.73 Å². The number of nitrogens with two attached hydrogens (primary N) is 1. The molecule has 0 aliphatic rings. The number of hydrogen-bond acceptors (Lipinski definition) is 4. The van der Waals surface area contributed by atoms with Crippen molar-refractivity contribution in [3.63, 3.8) is 0 Å². The van der Waals surface area contributed by atoms with E-state index in [2.05, 4.69) is 24.1 Å². The molecule has 0 bridgehead atoms. The van der Waals surface area contributed by atoms with Gasteiger partial charge in [0.15, 0.2) is 5.13 Å². The van der Waals surface area contributed by atoms with Gasteiger partial charge in [-0.1, -0.05) is 44.2 Å².